The fourth-order valence-electron chi connectivity index (χ4n) is 0.881. The Hall–Kier alpha value is -1.20. The van der Waals surface area contributed by atoms with E-state index in [1.807, 2.05) is 0 Å². The number of methoxy groups -OCH3 is 1. The van der Waals surface area contributed by atoms with Crippen molar-refractivity contribution in [2.75, 3.05) is 20.3 Å². The third kappa shape index (κ3) is 3.35. The first kappa shape index (κ1) is 9.88. The van der Waals surface area contributed by atoms with Crippen molar-refractivity contribution in [3.63, 3.8) is 0 Å². The lowest BCUT2D eigenvalue weighted by Gasteiger charge is -2.03. The van der Waals surface area contributed by atoms with Gasteiger partial charge in [0, 0.05) is 19.2 Å². The number of aliphatic hydroxyl groups excluding tert-OH is 1. The van der Waals surface area contributed by atoms with Gasteiger partial charge in [-0.2, -0.15) is 0 Å². The number of nitrogens with zero attached hydrogens (tertiary/aromatic N) is 2. The van der Waals surface area contributed by atoms with Gasteiger partial charge in [-0.25, -0.2) is 9.97 Å². The Morgan fingerprint density at radius 3 is 3.08 bits per heavy atom. The predicted molar refractivity (Wildman–Crippen MR) is 47.4 cm³/mol. The maximum absolute atomic E-state index is 8.53. The van der Waals surface area contributed by atoms with Crippen molar-refractivity contribution in [1.82, 2.24) is 15.3 Å². The summed E-state index contributed by atoms with van der Waals surface area (Å²) in [5.74, 6) is 0.552. The minimum atomic E-state index is 0.127. The van der Waals surface area contributed by atoms with Gasteiger partial charge < -0.3 is 15.2 Å². The van der Waals surface area contributed by atoms with Crippen LogP contribution in [0.1, 0.15) is 5.69 Å². The highest BCUT2D eigenvalue weighted by molar-refractivity contribution is 5.12. The lowest BCUT2D eigenvalue weighted by atomic mass is 10.4. The lowest BCUT2D eigenvalue weighted by Crippen LogP contribution is -2.18. The second-order valence-corrected chi connectivity index (χ2v) is 2.45. The average molecular weight is 183 g/mol. The Morgan fingerprint density at radius 1 is 1.54 bits per heavy atom. The predicted octanol–water partition coefficient (Wildman–Crippen LogP) is -0.433. The number of nitrogens with one attached hydrogen (secondary N) is 1. The Balaban J connectivity index is 2.46. The number of aliphatic hydroxyl groups is 1. The average Bonchev–Trinajstić information content (AvgIpc) is 2.19. The van der Waals surface area contributed by atoms with Gasteiger partial charge in [-0.1, -0.05) is 0 Å². The summed E-state index contributed by atoms with van der Waals surface area (Å²) in [6.45, 7) is 1.30. The van der Waals surface area contributed by atoms with E-state index in [0.29, 0.717) is 19.0 Å². The molecule has 13 heavy (non-hydrogen) atoms. The Bertz CT molecular complexity index is 255. The first-order chi connectivity index (χ1) is 6.36. The van der Waals surface area contributed by atoms with E-state index in [1.54, 1.807) is 13.2 Å². The van der Waals surface area contributed by atoms with Crippen molar-refractivity contribution in [2.45, 2.75) is 6.54 Å². The van der Waals surface area contributed by atoms with Crippen LogP contribution >= 0.6 is 0 Å². The summed E-state index contributed by atoms with van der Waals surface area (Å²) in [4.78, 5) is 7.90. The Labute approximate surface area is 76.8 Å². The molecule has 0 bridgehead atoms. The van der Waals surface area contributed by atoms with E-state index in [9.17, 15) is 0 Å². The minimum Gasteiger partial charge on any atom is -0.481 e. The van der Waals surface area contributed by atoms with E-state index in [-0.39, 0.29) is 6.61 Å². The van der Waals surface area contributed by atoms with E-state index in [0.717, 1.165) is 5.69 Å². The van der Waals surface area contributed by atoms with Crippen LogP contribution in [0, 0.1) is 0 Å². The van der Waals surface area contributed by atoms with Crippen molar-refractivity contribution in [2.24, 2.45) is 0 Å². The molecule has 0 aromatic carbocycles. The minimum absolute atomic E-state index is 0.127. The van der Waals surface area contributed by atoms with Crippen LogP contribution in [0.3, 0.4) is 0 Å². The zero-order chi connectivity index (χ0) is 9.52. The summed E-state index contributed by atoms with van der Waals surface area (Å²) in [6.07, 6.45) is 1.45. The number of ether oxygens (including phenoxy) is 1. The number of hydrogen-bond donors (Lipinski definition) is 2. The highest BCUT2D eigenvalue weighted by atomic mass is 16.5. The molecule has 1 aromatic heterocycles. The van der Waals surface area contributed by atoms with Crippen LogP contribution in [0.15, 0.2) is 12.4 Å². The van der Waals surface area contributed by atoms with E-state index >= 15 is 0 Å². The van der Waals surface area contributed by atoms with Gasteiger partial charge in [0.05, 0.1) is 19.4 Å². The van der Waals surface area contributed by atoms with Crippen LogP contribution in [-0.2, 0) is 6.54 Å². The van der Waals surface area contributed by atoms with Crippen molar-refractivity contribution in [1.29, 1.82) is 0 Å². The van der Waals surface area contributed by atoms with Crippen LogP contribution in [0.5, 0.6) is 5.88 Å². The zero-order valence-corrected chi connectivity index (χ0v) is 7.53. The largest absolute Gasteiger partial charge is 0.481 e. The van der Waals surface area contributed by atoms with Crippen LogP contribution in [0.2, 0.25) is 0 Å². The standard InChI is InChI=1S/C8H13N3O2/c1-13-8-4-7(10-6-11-8)5-9-2-3-12/h4,6,9,12H,2-3,5H2,1H3. The van der Waals surface area contributed by atoms with Gasteiger partial charge in [0.25, 0.3) is 0 Å². The molecule has 5 nitrogen and oxygen atoms in total. The van der Waals surface area contributed by atoms with Crippen molar-refractivity contribution in [3.05, 3.63) is 18.1 Å². The smallest absolute Gasteiger partial charge is 0.216 e. The summed E-state index contributed by atoms with van der Waals surface area (Å²) in [6, 6.07) is 1.75. The molecular weight excluding hydrogens is 170 g/mol. The molecule has 2 N–H and O–H groups in total. The molecule has 0 saturated carbocycles. The molecule has 72 valence electrons. The fraction of sp³-hybridized carbons (Fsp3) is 0.500. The number of aromatic nitrogens is 2. The third-order valence-electron chi connectivity index (χ3n) is 1.50. The van der Waals surface area contributed by atoms with Crippen molar-refractivity contribution < 1.29 is 9.84 Å². The molecule has 0 aliphatic carbocycles. The Kier molecular flexibility index (Phi) is 4.14. The molecule has 1 rings (SSSR count). The van der Waals surface area contributed by atoms with E-state index in [4.69, 9.17) is 9.84 Å². The highest BCUT2D eigenvalue weighted by Gasteiger charge is 1.96. The van der Waals surface area contributed by atoms with E-state index in [1.165, 1.54) is 6.33 Å². The van der Waals surface area contributed by atoms with Crippen LogP contribution in [-0.4, -0.2) is 35.3 Å². The molecule has 0 aliphatic rings. The molecular formula is C8H13N3O2. The summed E-state index contributed by atoms with van der Waals surface area (Å²) in [7, 11) is 1.56. The summed E-state index contributed by atoms with van der Waals surface area (Å²) in [5.41, 5.74) is 0.848. The van der Waals surface area contributed by atoms with Crippen molar-refractivity contribution >= 4 is 0 Å². The molecule has 1 heterocycles. The maximum atomic E-state index is 8.53. The second-order valence-electron chi connectivity index (χ2n) is 2.45. The Morgan fingerprint density at radius 2 is 2.38 bits per heavy atom. The van der Waals surface area contributed by atoms with Gasteiger partial charge in [0.2, 0.25) is 5.88 Å². The molecule has 0 spiro atoms. The summed E-state index contributed by atoms with van der Waals surface area (Å²) >= 11 is 0. The number of rotatable bonds is 5. The number of hydrogen-bond acceptors (Lipinski definition) is 5. The van der Waals surface area contributed by atoms with Gasteiger partial charge in [-0.15, -0.1) is 0 Å². The van der Waals surface area contributed by atoms with Gasteiger partial charge >= 0.3 is 0 Å². The topological polar surface area (TPSA) is 67.3 Å². The first-order valence-corrected chi connectivity index (χ1v) is 4.03. The lowest BCUT2D eigenvalue weighted by molar-refractivity contribution is 0.291. The van der Waals surface area contributed by atoms with Gasteiger partial charge in [0.1, 0.15) is 6.33 Å². The molecule has 0 saturated heterocycles. The quantitative estimate of drug-likeness (QED) is 0.606. The van der Waals surface area contributed by atoms with Crippen LogP contribution in [0.4, 0.5) is 0 Å². The molecule has 0 amide bonds. The van der Waals surface area contributed by atoms with Gasteiger partial charge in [-0.05, 0) is 0 Å². The summed E-state index contributed by atoms with van der Waals surface area (Å²) < 4.78 is 4.93. The molecule has 0 unspecified atom stereocenters. The maximum Gasteiger partial charge on any atom is 0.216 e. The summed E-state index contributed by atoms with van der Waals surface area (Å²) in [5, 5.41) is 11.5. The fourth-order valence-corrected chi connectivity index (χ4v) is 0.881. The van der Waals surface area contributed by atoms with Gasteiger partial charge in [-0.3, -0.25) is 0 Å². The molecule has 0 radical (unpaired) electrons. The molecule has 0 fully saturated rings. The van der Waals surface area contributed by atoms with E-state index in [2.05, 4.69) is 15.3 Å². The van der Waals surface area contributed by atoms with Gasteiger partial charge in [0.15, 0.2) is 0 Å². The third-order valence-corrected chi connectivity index (χ3v) is 1.50. The molecule has 1 aromatic rings. The molecule has 0 atom stereocenters. The zero-order valence-electron chi connectivity index (χ0n) is 7.53. The normalized spacial score (nSPS) is 10.0. The van der Waals surface area contributed by atoms with Crippen molar-refractivity contribution in [3.8, 4) is 5.88 Å². The molecule has 0 aliphatic heterocycles. The second kappa shape index (κ2) is 5.45. The highest BCUT2D eigenvalue weighted by Crippen LogP contribution is 2.04. The SMILES string of the molecule is COc1cc(CNCCO)ncn1. The van der Waals surface area contributed by atoms with Crippen LogP contribution < -0.4 is 10.1 Å². The van der Waals surface area contributed by atoms with Crippen LogP contribution in [0.25, 0.3) is 0 Å². The first-order valence-electron chi connectivity index (χ1n) is 4.03. The molecule has 5 heteroatoms. The van der Waals surface area contributed by atoms with E-state index < -0.39 is 0 Å². The monoisotopic (exact) mass is 183 g/mol.